The van der Waals surface area contributed by atoms with Crippen molar-refractivity contribution in [2.24, 2.45) is 0 Å². The van der Waals surface area contributed by atoms with Crippen molar-refractivity contribution in [3.05, 3.63) is 29.6 Å². The Morgan fingerprint density at radius 3 is 2.74 bits per heavy atom. The van der Waals surface area contributed by atoms with Crippen LogP contribution in [0.15, 0.2) is 18.2 Å². The van der Waals surface area contributed by atoms with Crippen LogP contribution in [0.1, 0.15) is 30.6 Å². The summed E-state index contributed by atoms with van der Waals surface area (Å²) in [7, 11) is 0. The molecule has 19 heavy (non-hydrogen) atoms. The van der Waals surface area contributed by atoms with Gasteiger partial charge in [0, 0.05) is 6.54 Å². The Morgan fingerprint density at radius 2 is 2.11 bits per heavy atom. The van der Waals surface area contributed by atoms with E-state index in [0.29, 0.717) is 6.54 Å². The normalized spacial score (nSPS) is 11.7. The fourth-order valence-corrected chi connectivity index (χ4v) is 1.48. The molecular weight excluding hydrogens is 249 g/mol. The van der Waals surface area contributed by atoms with E-state index < -0.39 is 17.8 Å². The molecule has 1 unspecified atom stereocenters. The first-order valence-corrected chi connectivity index (χ1v) is 6.10. The molecule has 1 atom stereocenters. The number of rotatable bonds is 5. The van der Waals surface area contributed by atoms with Crippen molar-refractivity contribution >= 4 is 17.5 Å². The van der Waals surface area contributed by atoms with Crippen LogP contribution in [0.3, 0.4) is 0 Å². The van der Waals surface area contributed by atoms with Gasteiger partial charge in [-0.25, -0.2) is 4.39 Å². The van der Waals surface area contributed by atoms with E-state index in [2.05, 4.69) is 10.6 Å². The average molecular weight is 267 g/mol. The van der Waals surface area contributed by atoms with Crippen molar-refractivity contribution in [1.82, 2.24) is 10.6 Å². The number of hydrogen-bond donors (Lipinski definition) is 3. The number of amides is 2. The van der Waals surface area contributed by atoms with Crippen LogP contribution in [0, 0.1) is 5.82 Å². The maximum absolute atomic E-state index is 13.2. The van der Waals surface area contributed by atoms with Crippen molar-refractivity contribution in [2.45, 2.75) is 26.3 Å². The summed E-state index contributed by atoms with van der Waals surface area (Å²) >= 11 is 0. The standard InChI is InChI=1S/C13H18FN3O2/c1-3-7-16-12(18)8(2)17-13(19)9-5-4-6-10(14)11(9)15/h4-6,8H,3,7,15H2,1-2H3,(H,16,18)(H,17,19). The lowest BCUT2D eigenvalue weighted by atomic mass is 10.1. The van der Waals surface area contributed by atoms with E-state index in [-0.39, 0.29) is 17.2 Å². The number of nitrogens with one attached hydrogen (secondary N) is 2. The van der Waals surface area contributed by atoms with Gasteiger partial charge in [-0.3, -0.25) is 9.59 Å². The van der Waals surface area contributed by atoms with Gasteiger partial charge in [0.05, 0.1) is 11.3 Å². The second kappa shape index (κ2) is 6.72. The van der Waals surface area contributed by atoms with Crippen LogP contribution >= 0.6 is 0 Å². The molecule has 0 aromatic heterocycles. The van der Waals surface area contributed by atoms with Gasteiger partial charge >= 0.3 is 0 Å². The maximum atomic E-state index is 13.2. The molecule has 0 fully saturated rings. The van der Waals surface area contributed by atoms with Crippen LogP contribution < -0.4 is 16.4 Å². The largest absolute Gasteiger partial charge is 0.396 e. The van der Waals surface area contributed by atoms with Crippen LogP contribution in [-0.2, 0) is 4.79 Å². The smallest absolute Gasteiger partial charge is 0.254 e. The van der Waals surface area contributed by atoms with Crippen molar-refractivity contribution in [2.75, 3.05) is 12.3 Å². The highest BCUT2D eigenvalue weighted by atomic mass is 19.1. The van der Waals surface area contributed by atoms with Crippen LogP contribution in [-0.4, -0.2) is 24.4 Å². The number of hydrogen-bond acceptors (Lipinski definition) is 3. The Labute approximate surface area is 111 Å². The number of carbonyl (C=O) groups is 2. The summed E-state index contributed by atoms with van der Waals surface area (Å²) in [6, 6.07) is 3.26. The van der Waals surface area contributed by atoms with E-state index in [4.69, 9.17) is 5.73 Å². The minimum atomic E-state index is -0.707. The highest BCUT2D eigenvalue weighted by molar-refractivity contribution is 6.01. The van der Waals surface area contributed by atoms with Crippen molar-refractivity contribution in [3.63, 3.8) is 0 Å². The van der Waals surface area contributed by atoms with Gasteiger partial charge in [-0.1, -0.05) is 13.0 Å². The lowest BCUT2D eigenvalue weighted by Gasteiger charge is -2.14. The summed E-state index contributed by atoms with van der Waals surface area (Å²) in [5, 5.41) is 5.13. The Hall–Kier alpha value is -2.11. The maximum Gasteiger partial charge on any atom is 0.254 e. The molecule has 0 saturated carbocycles. The van der Waals surface area contributed by atoms with E-state index >= 15 is 0 Å². The molecule has 0 heterocycles. The first kappa shape index (κ1) is 14.9. The van der Waals surface area contributed by atoms with Gasteiger partial charge in [0.1, 0.15) is 11.9 Å². The number of para-hydroxylation sites is 1. The molecule has 1 aromatic rings. The molecule has 0 spiro atoms. The van der Waals surface area contributed by atoms with Gasteiger partial charge in [0.2, 0.25) is 5.91 Å². The van der Waals surface area contributed by atoms with E-state index in [1.807, 2.05) is 6.92 Å². The Kier molecular flexibility index (Phi) is 5.29. The third-order valence-electron chi connectivity index (χ3n) is 2.59. The minimum absolute atomic E-state index is 0.0233. The van der Waals surface area contributed by atoms with Crippen molar-refractivity contribution in [3.8, 4) is 0 Å². The Bertz CT molecular complexity index is 477. The summed E-state index contributed by atoms with van der Waals surface area (Å²) in [4.78, 5) is 23.5. The molecule has 0 aliphatic carbocycles. The SMILES string of the molecule is CCCNC(=O)C(C)NC(=O)c1cccc(F)c1N. The van der Waals surface area contributed by atoms with E-state index in [0.717, 1.165) is 6.42 Å². The number of nitrogens with two attached hydrogens (primary N) is 1. The minimum Gasteiger partial charge on any atom is -0.396 e. The third-order valence-corrected chi connectivity index (χ3v) is 2.59. The molecule has 4 N–H and O–H groups in total. The highest BCUT2D eigenvalue weighted by Crippen LogP contribution is 2.15. The molecule has 0 aliphatic heterocycles. The zero-order chi connectivity index (χ0) is 14.4. The van der Waals surface area contributed by atoms with Crippen LogP contribution in [0.2, 0.25) is 0 Å². The van der Waals surface area contributed by atoms with Gasteiger partial charge in [-0.05, 0) is 25.5 Å². The Balaban J connectivity index is 2.69. The molecule has 0 bridgehead atoms. The zero-order valence-corrected chi connectivity index (χ0v) is 11.0. The van der Waals surface area contributed by atoms with Crippen LogP contribution in [0.4, 0.5) is 10.1 Å². The lowest BCUT2D eigenvalue weighted by molar-refractivity contribution is -0.122. The number of benzene rings is 1. The predicted molar refractivity (Wildman–Crippen MR) is 71.0 cm³/mol. The molecular formula is C13H18FN3O2. The summed E-state index contributed by atoms with van der Waals surface area (Å²) in [5.74, 6) is -1.52. The third kappa shape index (κ3) is 3.94. The molecule has 1 aromatic carbocycles. The summed E-state index contributed by atoms with van der Waals surface area (Å²) in [6.07, 6.45) is 0.809. The van der Waals surface area contributed by atoms with Crippen LogP contribution in [0.25, 0.3) is 0 Å². The first-order valence-electron chi connectivity index (χ1n) is 6.10. The van der Waals surface area contributed by atoms with E-state index in [9.17, 15) is 14.0 Å². The average Bonchev–Trinajstić information content (AvgIpc) is 2.38. The second-order valence-corrected chi connectivity index (χ2v) is 4.19. The number of anilines is 1. The van der Waals surface area contributed by atoms with Gasteiger partial charge < -0.3 is 16.4 Å². The molecule has 2 amide bonds. The fraction of sp³-hybridized carbons (Fsp3) is 0.385. The van der Waals surface area contributed by atoms with Gasteiger partial charge in [0.15, 0.2) is 0 Å². The monoisotopic (exact) mass is 267 g/mol. The summed E-state index contributed by atoms with van der Waals surface area (Å²) in [6.45, 7) is 4.02. The van der Waals surface area contributed by atoms with Gasteiger partial charge in [-0.15, -0.1) is 0 Å². The van der Waals surface area contributed by atoms with Crippen LogP contribution in [0.5, 0.6) is 0 Å². The second-order valence-electron chi connectivity index (χ2n) is 4.19. The van der Waals surface area contributed by atoms with Crippen molar-refractivity contribution < 1.29 is 14.0 Å². The highest BCUT2D eigenvalue weighted by Gasteiger charge is 2.18. The molecule has 5 nitrogen and oxygen atoms in total. The predicted octanol–water partition coefficient (Wildman–Crippen LogP) is 1.05. The Morgan fingerprint density at radius 1 is 1.42 bits per heavy atom. The van der Waals surface area contributed by atoms with E-state index in [1.165, 1.54) is 18.2 Å². The van der Waals surface area contributed by atoms with Gasteiger partial charge in [-0.2, -0.15) is 0 Å². The molecule has 0 aliphatic rings. The molecule has 0 saturated heterocycles. The quantitative estimate of drug-likeness (QED) is 0.697. The zero-order valence-electron chi connectivity index (χ0n) is 11.0. The first-order chi connectivity index (χ1) is 8.97. The van der Waals surface area contributed by atoms with Crippen molar-refractivity contribution in [1.29, 1.82) is 0 Å². The molecule has 0 radical (unpaired) electrons. The van der Waals surface area contributed by atoms with Gasteiger partial charge in [0.25, 0.3) is 5.91 Å². The number of carbonyl (C=O) groups excluding carboxylic acids is 2. The number of halogens is 1. The summed E-state index contributed by atoms with van der Waals surface area (Å²) < 4.78 is 13.2. The summed E-state index contributed by atoms with van der Waals surface area (Å²) in [5.41, 5.74) is 5.28. The molecule has 104 valence electrons. The molecule has 1 rings (SSSR count). The lowest BCUT2D eigenvalue weighted by Crippen LogP contribution is -2.45. The fourth-order valence-electron chi connectivity index (χ4n) is 1.48. The van der Waals surface area contributed by atoms with E-state index in [1.54, 1.807) is 6.92 Å². The number of nitrogen functional groups attached to an aromatic ring is 1. The topological polar surface area (TPSA) is 84.2 Å². The molecule has 6 heteroatoms.